The first-order valence-electron chi connectivity index (χ1n) is 9.95. The number of ketones is 1. The third kappa shape index (κ3) is 6.20. The summed E-state index contributed by atoms with van der Waals surface area (Å²) in [5, 5.41) is 5.96. The van der Waals surface area contributed by atoms with Crippen molar-refractivity contribution in [1.82, 2.24) is 0 Å². The molecule has 1 aliphatic rings. The predicted molar refractivity (Wildman–Crippen MR) is 112 cm³/mol. The number of Topliss-reactive ketones (excluding diaryl/α,β-unsaturated/α-hetero) is 1. The molecule has 3 rings (SSSR count). The Morgan fingerprint density at radius 3 is 2.54 bits per heavy atom. The number of hydrogen-bond donors (Lipinski definition) is 2. The quantitative estimate of drug-likeness (QED) is 0.646. The van der Waals surface area contributed by atoms with Gasteiger partial charge in [0.05, 0.1) is 19.3 Å². The van der Waals surface area contributed by atoms with E-state index in [-0.39, 0.29) is 18.2 Å². The highest BCUT2D eigenvalue weighted by atomic mass is 16.5. The molecule has 0 atom stereocenters. The Hall–Kier alpha value is -2.66. The van der Waals surface area contributed by atoms with Crippen LogP contribution in [0.1, 0.15) is 54.9 Å². The van der Waals surface area contributed by atoms with E-state index < -0.39 is 0 Å². The van der Waals surface area contributed by atoms with Crippen LogP contribution in [0.5, 0.6) is 0 Å². The van der Waals surface area contributed by atoms with E-state index in [4.69, 9.17) is 4.74 Å². The number of hydrogen-bond acceptors (Lipinski definition) is 4. The molecule has 0 spiro atoms. The Morgan fingerprint density at radius 2 is 1.75 bits per heavy atom. The number of rotatable bonds is 8. The van der Waals surface area contributed by atoms with Crippen molar-refractivity contribution in [2.75, 3.05) is 17.2 Å². The van der Waals surface area contributed by atoms with Gasteiger partial charge in [0, 0.05) is 16.9 Å². The normalized spacial score (nSPS) is 14.5. The number of carbonyl (C=O) groups excluding carboxylic acids is 2. The highest BCUT2D eigenvalue weighted by Gasteiger charge is 2.13. The molecule has 5 heteroatoms. The third-order valence-corrected chi connectivity index (χ3v) is 4.97. The second-order valence-electron chi connectivity index (χ2n) is 7.31. The van der Waals surface area contributed by atoms with E-state index in [1.54, 1.807) is 24.3 Å². The van der Waals surface area contributed by atoms with Crippen LogP contribution < -0.4 is 10.6 Å². The summed E-state index contributed by atoms with van der Waals surface area (Å²) >= 11 is 0. The lowest BCUT2D eigenvalue weighted by Gasteiger charge is -2.22. The first-order chi connectivity index (χ1) is 13.6. The Bertz CT molecular complexity index is 813. The van der Waals surface area contributed by atoms with Gasteiger partial charge in [0.1, 0.15) is 0 Å². The van der Waals surface area contributed by atoms with E-state index in [1.807, 2.05) is 24.3 Å². The predicted octanol–water partition coefficient (Wildman–Crippen LogP) is 4.79. The number of anilines is 2. The van der Waals surface area contributed by atoms with Crippen LogP contribution in [0.4, 0.5) is 11.4 Å². The second-order valence-corrected chi connectivity index (χ2v) is 7.31. The van der Waals surface area contributed by atoms with Gasteiger partial charge in [-0.25, -0.2) is 0 Å². The topological polar surface area (TPSA) is 67.4 Å². The van der Waals surface area contributed by atoms with Crippen LogP contribution in [0, 0.1) is 0 Å². The molecule has 1 aliphatic carbocycles. The SMILES string of the molecule is CC(=O)c1cccc(NC(=O)CNc2cccc(COC3CCCCC3)c2)c1. The van der Waals surface area contributed by atoms with Crippen LogP contribution in [0.25, 0.3) is 0 Å². The van der Waals surface area contributed by atoms with Crippen LogP contribution in [0.3, 0.4) is 0 Å². The van der Waals surface area contributed by atoms with Gasteiger partial charge in [-0.1, -0.05) is 43.5 Å². The maximum absolute atomic E-state index is 12.2. The smallest absolute Gasteiger partial charge is 0.243 e. The maximum Gasteiger partial charge on any atom is 0.243 e. The summed E-state index contributed by atoms with van der Waals surface area (Å²) in [7, 11) is 0. The molecule has 0 bridgehead atoms. The van der Waals surface area contributed by atoms with Gasteiger partial charge >= 0.3 is 0 Å². The molecule has 0 heterocycles. The van der Waals surface area contributed by atoms with Gasteiger partial charge in [0.15, 0.2) is 5.78 Å². The average molecular weight is 380 g/mol. The van der Waals surface area contributed by atoms with Gasteiger partial charge < -0.3 is 15.4 Å². The molecule has 0 aromatic heterocycles. The third-order valence-electron chi connectivity index (χ3n) is 4.97. The van der Waals surface area contributed by atoms with E-state index in [1.165, 1.54) is 26.2 Å². The van der Waals surface area contributed by atoms with Crippen LogP contribution in [-0.2, 0) is 16.1 Å². The molecule has 0 saturated heterocycles. The number of ether oxygens (including phenoxy) is 1. The minimum Gasteiger partial charge on any atom is -0.376 e. The lowest BCUT2D eigenvalue weighted by atomic mass is 9.98. The fraction of sp³-hybridized carbons (Fsp3) is 0.391. The number of amides is 1. The molecule has 1 amide bonds. The van der Waals surface area contributed by atoms with Gasteiger partial charge in [0.2, 0.25) is 5.91 Å². The minimum absolute atomic E-state index is 0.0264. The van der Waals surface area contributed by atoms with Gasteiger partial charge in [-0.3, -0.25) is 9.59 Å². The number of carbonyl (C=O) groups is 2. The fourth-order valence-electron chi connectivity index (χ4n) is 3.42. The summed E-state index contributed by atoms with van der Waals surface area (Å²) in [6.45, 7) is 2.26. The largest absolute Gasteiger partial charge is 0.376 e. The van der Waals surface area contributed by atoms with Crippen molar-refractivity contribution in [1.29, 1.82) is 0 Å². The van der Waals surface area contributed by atoms with Crippen molar-refractivity contribution < 1.29 is 14.3 Å². The summed E-state index contributed by atoms with van der Waals surface area (Å²) < 4.78 is 6.02. The van der Waals surface area contributed by atoms with Crippen molar-refractivity contribution in [3.63, 3.8) is 0 Å². The Morgan fingerprint density at radius 1 is 1.00 bits per heavy atom. The molecule has 148 valence electrons. The van der Waals surface area contributed by atoms with Crippen LogP contribution in [-0.4, -0.2) is 24.3 Å². The number of nitrogens with one attached hydrogen (secondary N) is 2. The fourth-order valence-corrected chi connectivity index (χ4v) is 3.42. The van der Waals surface area contributed by atoms with E-state index in [9.17, 15) is 9.59 Å². The second kappa shape index (κ2) is 10.0. The van der Waals surface area contributed by atoms with Crippen molar-refractivity contribution in [2.24, 2.45) is 0 Å². The zero-order valence-corrected chi connectivity index (χ0v) is 16.4. The van der Waals surface area contributed by atoms with Gasteiger partial charge in [-0.05, 0) is 49.6 Å². The summed E-state index contributed by atoms with van der Waals surface area (Å²) in [4.78, 5) is 23.6. The number of benzene rings is 2. The molecule has 1 fully saturated rings. The maximum atomic E-state index is 12.2. The first-order valence-corrected chi connectivity index (χ1v) is 9.95. The van der Waals surface area contributed by atoms with Crippen LogP contribution in [0.2, 0.25) is 0 Å². The Kier molecular flexibility index (Phi) is 7.20. The monoisotopic (exact) mass is 380 g/mol. The molecule has 2 aromatic carbocycles. The van der Waals surface area contributed by atoms with Crippen molar-refractivity contribution in [2.45, 2.75) is 51.7 Å². The first kappa shape index (κ1) is 20.1. The molecule has 28 heavy (non-hydrogen) atoms. The molecule has 5 nitrogen and oxygen atoms in total. The van der Waals surface area contributed by atoms with Crippen molar-refractivity contribution in [3.8, 4) is 0 Å². The lowest BCUT2D eigenvalue weighted by Crippen LogP contribution is -2.22. The molecule has 2 aromatic rings. The average Bonchev–Trinajstić information content (AvgIpc) is 2.72. The molecule has 1 saturated carbocycles. The van der Waals surface area contributed by atoms with E-state index in [0.717, 1.165) is 24.1 Å². The van der Waals surface area contributed by atoms with Crippen molar-refractivity contribution >= 4 is 23.1 Å². The Labute approximate surface area is 166 Å². The zero-order valence-electron chi connectivity index (χ0n) is 16.4. The molecule has 0 unspecified atom stereocenters. The summed E-state index contributed by atoms with van der Waals surface area (Å²) in [5.41, 5.74) is 3.19. The minimum atomic E-state index is -0.162. The molecule has 0 radical (unpaired) electrons. The zero-order chi connectivity index (χ0) is 19.8. The summed E-state index contributed by atoms with van der Waals surface area (Å²) in [6.07, 6.45) is 6.53. The summed E-state index contributed by atoms with van der Waals surface area (Å²) in [6, 6.07) is 14.9. The van der Waals surface area contributed by atoms with Crippen LogP contribution in [0.15, 0.2) is 48.5 Å². The highest BCUT2D eigenvalue weighted by Crippen LogP contribution is 2.22. The highest BCUT2D eigenvalue weighted by molar-refractivity contribution is 5.98. The van der Waals surface area contributed by atoms with Gasteiger partial charge in [-0.15, -0.1) is 0 Å². The van der Waals surface area contributed by atoms with E-state index in [0.29, 0.717) is 24.0 Å². The lowest BCUT2D eigenvalue weighted by molar-refractivity contribution is -0.114. The van der Waals surface area contributed by atoms with E-state index >= 15 is 0 Å². The van der Waals surface area contributed by atoms with Crippen molar-refractivity contribution in [3.05, 3.63) is 59.7 Å². The summed E-state index contributed by atoms with van der Waals surface area (Å²) in [5.74, 6) is -0.189. The molecule has 2 N–H and O–H groups in total. The molecular weight excluding hydrogens is 352 g/mol. The van der Waals surface area contributed by atoms with Crippen LogP contribution >= 0.6 is 0 Å². The Balaban J connectivity index is 1.48. The molecular formula is C23H28N2O3. The van der Waals surface area contributed by atoms with Gasteiger partial charge in [-0.2, -0.15) is 0 Å². The van der Waals surface area contributed by atoms with Gasteiger partial charge in [0.25, 0.3) is 0 Å². The molecule has 0 aliphatic heterocycles. The van der Waals surface area contributed by atoms with E-state index in [2.05, 4.69) is 10.6 Å². The standard InChI is InChI=1S/C23H28N2O3/c1-17(26)19-8-6-10-21(14-19)25-23(27)15-24-20-9-5-7-18(13-20)16-28-22-11-3-2-4-12-22/h5-10,13-14,22,24H,2-4,11-12,15-16H2,1H3,(H,25,27).